The highest BCUT2D eigenvalue weighted by Crippen LogP contribution is 2.07. The van der Waals surface area contributed by atoms with E-state index in [2.05, 4.69) is 15.8 Å². The molecule has 6 heteroatoms. The molecule has 0 spiro atoms. The SMILES string of the molecule is CC(=O)N/N=C1/NC(=O)CS1. The molecule has 11 heavy (non-hydrogen) atoms. The maximum absolute atomic E-state index is 10.6. The molecular weight excluding hydrogens is 166 g/mol. The smallest absolute Gasteiger partial charge is 0.237 e. The highest BCUT2D eigenvalue weighted by molar-refractivity contribution is 8.15. The fourth-order valence-electron chi connectivity index (χ4n) is 0.515. The minimum Gasteiger partial charge on any atom is -0.303 e. The van der Waals surface area contributed by atoms with E-state index >= 15 is 0 Å². The highest BCUT2D eigenvalue weighted by atomic mass is 32.2. The van der Waals surface area contributed by atoms with Gasteiger partial charge in [0.15, 0.2) is 5.17 Å². The minimum atomic E-state index is -0.251. The van der Waals surface area contributed by atoms with E-state index in [4.69, 9.17) is 0 Å². The molecule has 0 atom stereocenters. The van der Waals surface area contributed by atoms with Gasteiger partial charge in [-0.3, -0.25) is 9.59 Å². The summed E-state index contributed by atoms with van der Waals surface area (Å²) in [6.07, 6.45) is 0. The van der Waals surface area contributed by atoms with E-state index in [-0.39, 0.29) is 11.8 Å². The average molecular weight is 173 g/mol. The number of amides is 2. The van der Waals surface area contributed by atoms with Crippen LogP contribution < -0.4 is 10.7 Å². The molecule has 1 aliphatic rings. The van der Waals surface area contributed by atoms with Gasteiger partial charge in [0.1, 0.15) is 0 Å². The second kappa shape index (κ2) is 3.38. The molecule has 5 nitrogen and oxygen atoms in total. The van der Waals surface area contributed by atoms with Gasteiger partial charge in [-0.25, -0.2) is 5.43 Å². The number of carbonyl (C=O) groups is 2. The molecule has 60 valence electrons. The van der Waals surface area contributed by atoms with Crippen molar-refractivity contribution in [3.05, 3.63) is 0 Å². The third-order valence-electron chi connectivity index (χ3n) is 0.901. The van der Waals surface area contributed by atoms with E-state index in [0.717, 1.165) is 0 Å². The summed E-state index contributed by atoms with van der Waals surface area (Å²) in [5.74, 6) is 0.0386. The molecule has 0 saturated carbocycles. The van der Waals surface area contributed by atoms with Crippen molar-refractivity contribution in [2.24, 2.45) is 5.10 Å². The first-order chi connectivity index (χ1) is 5.18. The van der Waals surface area contributed by atoms with Crippen molar-refractivity contribution in [1.82, 2.24) is 10.7 Å². The van der Waals surface area contributed by atoms with Crippen LogP contribution >= 0.6 is 11.8 Å². The summed E-state index contributed by atoms with van der Waals surface area (Å²) in [5, 5.41) is 6.54. The zero-order valence-electron chi connectivity index (χ0n) is 5.88. The average Bonchev–Trinajstić information content (AvgIpc) is 2.31. The normalized spacial score (nSPS) is 20.1. The molecule has 2 N–H and O–H groups in total. The molecule has 1 aliphatic heterocycles. The van der Waals surface area contributed by atoms with Gasteiger partial charge in [-0.15, -0.1) is 5.10 Å². The van der Waals surface area contributed by atoms with Crippen LogP contribution in [0.1, 0.15) is 6.92 Å². The molecule has 1 rings (SSSR count). The molecule has 1 saturated heterocycles. The Labute approximate surface area is 67.6 Å². The van der Waals surface area contributed by atoms with Crippen LogP contribution in [-0.2, 0) is 9.59 Å². The van der Waals surface area contributed by atoms with E-state index in [1.54, 1.807) is 0 Å². The summed E-state index contributed by atoms with van der Waals surface area (Å²) >= 11 is 1.27. The Morgan fingerprint density at radius 3 is 3.00 bits per heavy atom. The van der Waals surface area contributed by atoms with Crippen LogP contribution in [-0.4, -0.2) is 22.7 Å². The number of carbonyl (C=O) groups excluding carboxylic acids is 2. The topological polar surface area (TPSA) is 70.6 Å². The molecule has 0 bridgehead atoms. The number of rotatable bonds is 1. The first-order valence-electron chi connectivity index (χ1n) is 2.95. The van der Waals surface area contributed by atoms with Crippen molar-refractivity contribution in [1.29, 1.82) is 0 Å². The summed E-state index contributed by atoms with van der Waals surface area (Å²) in [5.41, 5.74) is 2.22. The van der Waals surface area contributed by atoms with Crippen molar-refractivity contribution in [3.63, 3.8) is 0 Å². The summed E-state index contributed by atoms with van der Waals surface area (Å²) in [6.45, 7) is 1.35. The molecule has 1 fully saturated rings. The number of hydrazone groups is 1. The maximum atomic E-state index is 10.6. The third kappa shape index (κ3) is 2.58. The van der Waals surface area contributed by atoms with Crippen LogP contribution in [0.25, 0.3) is 0 Å². The molecule has 0 aromatic heterocycles. The Morgan fingerprint density at radius 1 is 1.82 bits per heavy atom. The van der Waals surface area contributed by atoms with Gasteiger partial charge < -0.3 is 5.32 Å². The molecule has 0 aliphatic carbocycles. The van der Waals surface area contributed by atoms with Crippen molar-refractivity contribution in [2.45, 2.75) is 6.92 Å². The van der Waals surface area contributed by atoms with Crippen LogP contribution in [0.5, 0.6) is 0 Å². The third-order valence-corrected chi connectivity index (χ3v) is 1.77. The largest absolute Gasteiger partial charge is 0.303 e. The van der Waals surface area contributed by atoms with Gasteiger partial charge in [0.05, 0.1) is 5.75 Å². The van der Waals surface area contributed by atoms with Gasteiger partial charge in [0, 0.05) is 6.92 Å². The summed E-state index contributed by atoms with van der Waals surface area (Å²) in [4.78, 5) is 20.9. The van der Waals surface area contributed by atoms with E-state index < -0.39 is 0 Å². The number of nitrogens with zero attached hydrogens (tertiary/aromatic N) is 1. The van der Waals surface area contributed by atoms with E-state index in [1.165, 1.54) is 18.7 Å². The van der Waals surface area contributed by atoms with Crippen LogP contribution in [0.15, 0.2) is 5.10 Å². The zero-order valence-corrected chi connectivity index (χ0v) is 6.70. The fourth-order valence-corrected chi connectivity index (χ4v) is 1.15. The number of hydrogen-bond donors (Lipinski definition) is 2. The number of amidine groups is 1. The Hall–Kier alpha value is -1.04. The standard InChI is InChI=1S/C5H7N3O2S/c1-3(9)7-8-5-6-4(10)2-11-5/h2H2,1H3,(H,7,9)(H,6,8,10). The van der Waals surface area contributed by atoms with Gasteiger partial charge in [-0.1, -0.05) is 11.8 Å². The molecule has 0 aromatic carbocycles. The van der Waals surface area contributed by atoms with Crippen molar-refractivity contribution < 1.29 is 9.59 Å². The van der Waals surface area contributed by atoms with E-state index in [9.17, 15) is 9.59 Å². The zero-order chi connectivity index (χ0) is 8.27. The lowest BCUT2D eigenvalue weighted by molar-refractivity contribution is -0.119. The Morgan fingerprint density at radius 2 is 2.55 bits per heavy atom. The van der Waals surface area contributed by atoms with Gasteiger partial charge in [-0.05, 0) is 0 Å². The Bertz CT molecular complexity index is 226. The first kappa shape index (κ1) is 8.06. The molecule has 2 amide bonds. The molecule has 0 aromatic rings. The van der Waals surface area contributed by atoms with E-state index in [0.29, 0.717) is 10.9 Å². The van der Waals surface area contributed by atoms with E-state index in [1.807, 2.05) is 0 Å². The summed E-state index contributed by atoms with van der Waals surface area (Å²) < 4.78 is 0. The van der Waals surface area contributed by atoms with Gasteiger partial charge in [0.25, 0.3) is 0 Å². The lowest BCUT2D eigenvalue weighted by Crippen LogP contribution is -2.24. The Kier molecular flexibility index (Phi) is 2.48. The monoisotopic (exact) mass is 173 g/mol. The maximum Gasteiger partial charge on any atom is 0.237 e. The number of hydrogen-bond acceptors (Lipinski definition) is 4. The molecular formula is C5H7N3O2S. The van der Waals surface area contributed by atoms with Gasteiger partial charge in [-0.2, -0.15) is 0 Å². The van der Waals surface area contributed by atoms with Crippen LogP contribution in [0.2, 0.25) is 0 Å². The highest BCUT2D eigenvalue weighted by Gasteiger charge is 2.16. The van der Waals surface area contributed by atoms with Crippen LogP contribution in [0.4, 0.5) is 0 Å². The quantitative estimate of drug-likeness (QED) is 0.513. The fraction of sp³-hybridized carbons (Fsp3) is 0.400. The second-order valence-electron chi connectivity index (χ2n) is 1.92. The summed E-state index contributed by atoms with van der Waals surface area (Å²) in [6, 6.07) is 0. The second-order valence-corrected chi connectivity index (χ2v) is 2.89. The molecule has 1 heterocycles. The van der Waals surface area contributed by atoms with Crippen molar-refractivity contribution >= 4 is 28.7 Å². The molecule has 0 radical (unpaired) electrons. The lowest BCUT2D eigenvalue weighted by atomic mass is 10.7. The number of thioether (sulfide) groups is 1. The minimum absolute atomic E-state index is 0.0842. The predicted molar refractivity (Wildman–Crippen MR) is 41.9 cm³/mol. The first-order valence-corrected chi connectivity index (χ1v) is 3.94. The Balaban J connectivity index is 2.42. The van der Waals surface area contributed by atoms with Gasteiger partial charge >= 0.3 is 0 Å². The molecule has 0 unspecified atom stereocenters. The van der Waals surface area contributed by atoms with Crippen molar-refractivity contribution in [3.8, 4) is 0 Å². The van der Waals surface area contributed by atoms with Crippen molar-refractivity contribution in [2.75, 3.05) is 5.75 Å². The lowest BCUT2D eigenvalue weighted by Gasteiger charge is -1.94. The number of nitrogens with one attached hydrogen (secondary N) is 2. The van der Waals surface area contributed by atoms with Gasteiger partial charge in [0.2, 0.25) is 11.8 Å². The van der Waals surface area contributed by atoms with Crippen LogP contribution in [0.3, 0.4) is 0 Å². The van der Waals surface area contributed by atoms with Crippen LogP contribution in [0, 0.1) is 0 Å². The summed E-state index contributed by atoms with van der Waals surface area (Å²) in [7, 11) is 0. The predicted octanol–water partition coefficient (Wildman–Crippen LogP) is -0.743.